The van der Waals surface area contributed by atoms with Gasteiger partial charge in [0.1, 0.15) is 0 Å². The molecule has 3 heteroatoms. The van der Waals surface area contributed by atoms with Gasteiger partial charge < -0.3 is 4.74 Å². The van der Waals surface area contributed by atoms with Gasteiger partial charge in [-0.3, -0.25) is 0 Å². The van der Waals surface area contributed by atoms with Gasteiger partial charge in [0.2, 0.25) is 5.90 Å². The Balaban J connectivity index is 1.60. The zero-order valence-electron chi connectivity index (χ0n) is 13.4. The fourth-order valence-electron chi connectivity index (χ4n) is 2.67. The molecule has 0 N–H and O–H groups in total. The Bertz CT molecular complexity index is 956. The van der Waals surface area contributed by atoms with Crippen molar-refractivity contribution in [3.8, 4) is 11.1 Å². The van der Waals surface area contributed by atoms with Crippen LogP contribution in [0, 0.1) is 0 Å². The lowest BCUT2D eigenvalue weighted by atomic mass is 10.0. The minimum Gasteiger partial charge on any atom is -0.402 e. The minimum absolute atomic E-state index is 0.311. The second-order valence-electron chi connectivity index (χ2n) is 5.69. The molecule has 0 aliphatic carbocycles. The molecule has 0 bridgehead atoms. The fourth-order valence-corrected chi connectivity index (χ4v) is 2.67. The molecule has 0 amide bonds. The average Bonchev–Trinajstić information content (AvgIpc) is 3.04. The first-order valence-electron chi connectivity index (χ1n) is 8.03. The van der Waals surface area contributed by atoms with Crippen LogP contribution in [-0.4, -0.2) is 11.9 Å². The van der Waals surface area contributed by atoms with Gasteiger partial charge in [0.25, 0.3) is 0 Å². The summed E-state index contributed by atoms with van der Waals surface area (Å²) in [6.45, 7) is 0. The lowest BCUT2D eigenvalue weighted by molar-refractivity contribution is -0.129. The second-order valence-corrected chi connectivity index (χ2v) is 5.69. The Morgan fingerprint density at radius 1 is 0.680 bits per heavy atom. The molecule has 1 aliphatic rings. The Morgan fingerprint density at radius 2 is 1.24 bits per heavy atom. The molecule has 0 saturated carbocycles. The molecular formula is C22H15NO2. The Hall–Kier alpha value is -3.46. The van der Waals surface area contributed by atoms with Gasteiger partial charge in [-0.1, -0.05) is 72.8 Å². The van der Waals surface area contributed by atoms with E-state index < -0.39 is 5.97 Å². The molecule has 0 fully saturated rings. The van der Waals surface area contributed by atoms with Crippen molar-refractivity contribution in [1.82, 2.24) is 0 Å². The van der Waals surface area contributed by atoms with Crippen LogP contribution in [0.25, 0.3) is 17.2 Å². The topological polar surface area (TPSA) is 38.7 Å². The van der Waals surface area contributed by atoms with Gasteiger partial charge in [-0.15, -0.1) is 0 Å². The van der Waals surface area contributed by atoms with Crippen molar-refractivity contribution in [2.75, 3.05) is 0 Å². The van der Waals surface area contributed by atoms with Crippen molar-refractivity contribution < 1.29 is 9.53 Å². The number of benzene rings is 3. The first-order valence-corrected chi connectivity index (χ1v) is 8.03. The van der Waals surface area contributed by atoms with E-state index in [0.29, 0.717) is 11.6 Å². The number of hydrogen-bond donors (Lipinski definition) is 0. The van der Waals surface area contributed by atoms with Crippen molar-refractivity contribution in [1.29, 1.82) is 0 Å². The smallest absolute Gasteiger partial charge is 0.363 e. The summed E-state index contributed by atoms with van der Waals surface area (Å²) in [5, 5.41) is 0. The van der Waals surface area contributed by atoms with Crippen LogP contribution >= 0.6 is 0 Å². The van der Waals surface area contributed by atoms with Crippen molar-refractivity contribution in [2.45, 2.75) is 0 Å². The van der Waals surface area contributed by atoms with E-state index in [2.05, 4.69) is 17.1 Å². The first-order chi connectivity index (χ1) is 12.3. The van der Waals surface area contributed by atoms with Gasteiger partial charge >= 0.3 is 5.97 Å². The summed E-state index contributed by atoms with van der Waals surface area (Å²) < 4.78 is 5.27. The Labute approximate surface area is 145 Å². The third-order valence-corrected chi connectivity index (χ3v) is 3.96. The molecule has 4 rings (SSSR count). The van der Waals surface area contributed by atoms with Crippen LogP contribution in [0.2, 0.25) is 0 Å². The molecule has 1 aliphatic heterocycles. The van der Waals surface area contributed by atoms with Gasteiger partial charge in [-0.25, -0.2) is 9.79 Å². The van der Waals surface area contributed by atoms with Crippen LogP contribution in [0.3, 0.4) is 0 Å². The minimum atomic E-state index is -0.425. The predicted molar refractivity (Wildman–Crippen MR) is 98.9 cm³/mol. The number of hydrogen-bond acceptors (Lipinski definition) is 3. The highest BCUT2D eigenvalue weighted by atomic mass is 16.6. The molecule has 0 spiro atoms. The largest absolute Gasteiger partial charge is 0.402 e. The van der Waals surface area contributed by atoms with Crippen LogP contribution in [0.5, 0.6) is 0 Å². The van der Waals surface area contributed by atoms with E-state index in [4.69, 9.17) is 4.74 Å². The number of carbonyl (C=O) groups excluding carboxylic acids is 1. The van der Waals surface area contributed by atoms with Crippen LogP contribution in [0.1, 0.15) is 11.1 Å². The normalized spacial score (nSPS) is 15.1. The third-order valence-electron chi connectivity index (χ3n) is 3.96. The van der Waals surface area contributed by atoms with E-state index in [1.165, 1.54) is 0 Å². The zero-order valence-corrected chi connectivity index (χ0v) is 13.4. The summed E-state index contributed by atoms with van der Waals surface area (Å²) in [6, 6.07) is 27.6. The van der Waals surface area contributed by atoms with Crippen LogP contribution in [0.15, 0.2) is 95.6 Å². The average molecular weight is 325 g/mol. The summed E-state index contributed by atoms with van der Waals surface area (Å²) in [5.74, 6) is -0.0799. The number of cyclic esters (lactones) is 1. The Kier molecular flexibility index (Phi) is 3.97. The maximum Gasteiger partial charge on any atom is 0.363 e. The number of nitrogens with zero attached hydrogens (tertiary/aromatic N) is 1. The SMILES string of the molecule is O=C1OC(c2ccccc2)=N/C1=C\c1ccc(-c2ccccc2)cc1. The van der Waals surface area contributed by atoms with E-state index in [0.717, 1.165) is 22.3 Å². The zero-order chi connectivity index (χ0) is 17.1. The molecule has 0 unspecified atom stereocenters. The number of rotatable bonds is 3. The van der Waals surface area contributed by atoms with E-state index in [9.17, 15) is 4.79 Å². The van der Waals surface area contributed by atoms with Gasteiger partial charge in [0, 0.05) is 5.56 Å². The molecular weight excluding hydrogens is 310 g/mol. The number of ether oxygens (including phenoxy) is 1. The summed E-state index contributed by atoms with van der Waals surface area (Å²) >= 11 is 0. The summed E-state index contributed by atoms with van der Waals surface area (Å²) in [5.41, 5.74) is 4.30. The molecule has 0 atom stereocenters. The third kappa shape index (κ3) is 3.26. The lowest BCUT2D eigenvalue weighted by Gasteiger charge is -2.01. The molecule has 120 valence electrons. The molecule has 0 saturated heterocycles. The van der Waals surface area contributed by atoms with E-state index in [-0.39, 0.29) is 0 Å². The molecule has 25 heavy (non-hydrogen) atoms. The summed E-state index contributed by atoms with van der Waals surface area (Å²) in [6.07, 6.45) is 1.74. The maximum absolute atomic E-state index is 12.0. The van der Waals surface area contributed by atoms with E-state index >= 15 is 0 Å². The number of aliphatic imine (C=N–C) groups is 1. The number of carbonyl (C=O) groups is 1. The van der Waals surface area contributed by atoms with Crippen LogP contribution in [0.4, 0.5) is 0 Å². The highest BCUT2D eigenvalue weighted by molar-refractivity contribution is 6.12. The molecule has 1 heterocycles. The Morgan fingerprint density at radius 3 is 1.88 bits per heavy atom. The quantitative estimate of drug-likeness (QED) is 0.517. The molecule has 3 aromatic rings. The van der Waals surface area contributed by atoms with Crippen molar-refractivity contribution >= 4 is 17.9 Å². The van der Waals surface area contributed by atoms with Crippen molar-refractivity contribution in [3.05, 3.63) is 102 Å². The van der Waals surface area contributed by atoms with Gasteiger partial charge in [0.05, 0.1) is 0 Å². The first kappa shape index (κ1) is 15.1. The van der Waals surface area contributed by atoms with E-state index in [1.807, 2.05) is 72.8 Å². The maximum atomic E-state index is 12.0. The summed E-state index contributed by atoms with van der Waals surface area (Å²) in [7, 11) is 0. The summed E-state index contributed by atoms with van der Waals surface area (Å²) in [4.78, 5) is 16.4. The predicted octanol–water partition coefficient (Wildman–Crippen LogP) is 4.70. The second kappa shape index (κ2) is 6.57. The van der Waals surface area contributed by atoms with Crippen LogP contribution < -0.4 is 0 Å². The van der Waals surface area contributed by atoms with Crippen molar-refractivity contribution in [2.24, 2.45) is 4.99 Å². The lowest BCUT2D eigenvalue weighted by Crippen LogP contribution is -2.04. The van der Waals surface area contributed by atoms with Gasteiger partial charge in [-0.05, 0) is 34.9 Å². The number of esters is 1. The highest BCUT2D eigenvalue weighted by Crippen LogP contribution is 2.22. The monoisotopic (exact) mass is 325 g/mol. The molecule has 3 aromatic carbocycles. The van der Waals surface area contributed by atoms with Crippen LogP contribution in [-0.2, 0) is 9.53 Å². The van der Waals surface area contributed by atoms with Gasteiger partial charge in [0.15, 0.2) is 5.70 Å². The molecule has 3 nitrogen and oxygen atoms in total. The van der Waals surface area contributed by atoms with E-state index in [1.54, 1.807) is 6.08 Å². The molecule has 0 radical (unpaired) electrons. The fraction of sp³-hybridized carbons (Fsp3) is 0. The molecule has 0 aromatic heterocycles. The standard InChI is InChI=1S/C22H15NO2/c24-22-20(23-21(25-22)19-9-5-2-6-10-19)15-16-11-13-18(14-12-16)17-7-3-1-4-8-17/h1-15H/b20-15-. The van der Waals surface area contributed by atoms with Crippen molar-refractivity contribution in [3.63, 3.8) is 0 Å². The highest BCUT2D eigenvalue weighted by Gasteiger charge is 2.23. The van der Waals surface area contributed by atoms with Gasteiger partial charge in [-0.2, -0.15) is 0 Å².